The predicted molar refractivity (Wildman–Crippen MR) is 156 cm³/mol. The van der Waals surface area contributed by atoms with E-state index in [2.05, 4.69) is 11.1 Å². The molecule has 21 heteroatoms. The zero-order valence-electron chi connectivity index (χ0n) is 24.1. The number of carboxylic acid groups (broad SMARTS) is 5. The molecule has 256 valence electrons. The van der Waals surface area contributed by atoms with E-state index in [1.807, 2.05) is 0 Å². The highest BCUT2D eigenvalue weighted by Crippen LogP contribution is 2.14. The average molecular weight is 651 g/mol. The van der Waals surface area contributed by atoms with Crippen LogP contribution in [0.3, 0.4) is 0 Å². The molecule has 0 fully saturated rings. The lowest BCUT2D eigenvalue weighted by molar-refractivity contribution is -0.144. The first-order chi connectivity index (χ1) is 20.8. The van der Waals surface area contributed by atoms with Gasteiger partial charge in [-0.3, -0.25) is 29.4 Å². The summed E-state index contributed by atoms with van der Waals surface area (Å²) in [6.45, 7) is -0.329. The number of hydrogen-bond donors (Lipinski definition) is 14. The fourth-order valence-corrected chi connectivity index (χ4v) is 2.24. The molecule has 0 bridgehead atoms. The van der Waals surface area contributed by atoms with Crippen molar-refractivity contribution in [1.82, 2.24) is 5.32 Å². The molecule has 4 atom stereocenters. The summed E-state index contributed by atoms with van der Waals surface area (Å²) in [6, 6.07) is 2.25. The van der Waals surface area contributed by atoms with E-state index in [1.54, 1.807) is 24.3 Å². The first-order valence-corrected chi connectivity index (χ1v) is 12.6. The molecule has 0 heterocycles. The summed E-state index contributed by atoms with van der Waals surface area (Å²) in [6.07, 6.45) is 0.619. The lowest BCUT2D eigenvalue weighted by Gasteiger charge is -2.12. The number of ether oxygens (including phenoxy) is 1. The van der Waals surface area contributed by atoms with Crippen LogP contribution in [0.5, 0.6) is 5.75 Å². The summed E-state index contributed by atoms with van der Waals surface area (Å²) >= 11 is 0. The van der Waals surface area contributed by atoms with E-state index in [9.17, 15) is 28.8 Å². The molecular weight excluding hydrogens is 608 g/mol. The van der Waals surface area contributed by atoms with E-state index in [4.69, 9.17) is 69.5 Å². The van der Waals surface area contributed by atoms with E-state index >= 15 is 0 Å². The quantitative estimate of drug-likeness (QED) is 0.0279. The van der Waals surface area contributed by atoms with Gasteiger partial charge in [0.1, 0.15) is 29.9 Å². The van der Waals surface area contributed by atoms with Gasteiger partial charge in [0, 0.05) is 6.54 Å². The standard InChI is InChI=1S/C15H23N5O4.C4H7NO4.C3H7NO3.C2H5NO2/c16-11(2-1-7-20-15(18)19)14(23)24-10-5-3-9(4-6-10)8-12(17)13(21)22;5-2(4(8)9)1-3(6)7;4-2(1-5)3(6)7;3-1-2(4)5/h3-6,11-12H,1-2,7-8,16-17H2,(H,21,22)(H4,18,19,20);2H,1,5H2,(H,6,7)(H,8,9);2,5H,1,4H2,(H,6,7);1,3H2,(H,4,5)/t11-,12-;2*2-;/m000./s1. The number of aliphatic carboxylic acids is 5. The van der Waals surface area contributed by atoms with Gasteiger partial charge in [0.05, 0.1) is 19.6 Å². The molecule has 0 saturated carbocycles. The van der Waals surface area contributed by atoms with Crippen LogP contribution in [0.1, 0.15) is 24.8 Å². The van der Waals surface area contributed by atoms with Crippen molar-refractivity contribution in [3.63, 3.8) is 0 Å². The third-order valence-electron chi connectivity index (χ3n) is 4.62. The number of carbonyl (C=O) groups excluding carboxylic acids is 1. The summed E-state index contributed by atoms with van der Waals surface area (Å²) in [5, 5.41) is 57.9. The Kier molecular flexibility index (Phi) is 25.3. The number of aliphatic hydroxyl groups excluding tert-OH is 1. The number of nitrogens with one attached hydrogen (secondary N) is 2. The van der Waals surface area contributed by atoms with Crippen molar-refractivity contribution < 1.29 is 64.1 Å². The molecule has 0 aliphatic heterocycles. The minimum atomic E-state index is -1.29. The largest absolute Gasteiger partial charge is 0.481 e. The minimum absolute atomic E-state index is 0.131. The second-order valence-electron chi connectivity index (χ2n) is 8.57. The van der Waals surface area contributed by atoms with E-state index in [0.29, 0.717) is 25.1 Å². The fraction of sp³-hybridized carbons (Fsp3) is 0.458. The van der Waals surface area contributed by atoms with Crippen LogP contribution in [0.15, 0.2) is 24.3 Å². The third kappa shape index (κ3) is 27.6. The summed E-state index contributed by atoms with van der Waals surface area (Å²) in [5.74, 6) is -6.09. The third-order valence-corrected chi connectivity index (χ3v) is 4.62. The number of carbonyl (C=O) groups is 6. The van der Waals surface area contributed by atoms with Gasteiger partial charge in [-0.1, -0.05) is 12.1 Å². The number of rotatable bonds is 15. The first kappa shape index (κ1) is 44.5. The van der Waals surface area contributed by atoms with Crippen molar-refractivity contribution in [3.05, 3.63) is 29.8 Å². The van der Waals surface area contributed by atoms with Crippen molar-refractivity contribution in [2.24, 2.45) is 34.4 Å². The molecule has 0 aliphatic carbocycles. The molecule has 20 N–H and O–H groups in total. The molecule has 0 amide bonds. The van der Waals surface area contributed by atoms with E-state index < -0.39 is 73.0 Å². The summed E-state index contributed by atoms with van der Waals surface area (Å²) in [7, 11) is 0. The summed E-state index contributed by atoms with van der Waals surface area (Å²) < 4.78 is 5.16. The Labute approximate surface area is 256 Å². The Morgan fingerprint density at radius 3 is 1.56 bits per heavy atom. The second kappa shape index (κ2) is 25.6. The maximum absolute atomic E-state index is 11.9. The number of aliphatic hydroxyl groups is 1. The van der Waals surface area contributed by atoms with Crippen molar-refractivity contribution in [2.75, 3.05) is 19.7 Å². The van der Waals surface area contributed by atoms with E-state index in [0.717, 1.165) is 5.56 Å². The monoisotopic (exact) mass is 650 g/mol. The van der Waals surface area contributed by atoms with Crippen LogP contribution in [-0.4, -0.2) is 116 Å². The van der Waals surface area contributed by atoms with Crippen LogP contribution in [0.4, 0.5) is 0 Å². The highest BCUT2D eigenvalue weighted by atomic mass is 16.5. The highest BCUT2D eigenvalue weighted by molar-refractivity contribution is 5.80. The molecule has 1 rings (SSSR count). The molecule has 0 unspecified atom stereocenters. The zero-order valence-corrected chi connectivity index (χ0v) is 24.1. The van der Waals surface area contributed by atoms with Crippen molar-refractivity contribution in [1.29, 1.82) is 5.41 Å². The van der Waals surface area contributed by atoms with Gasteiger partial charge in [0.15, 0.2) is 5.96 Å². The zero-order chi connectivity index (χ0) is 35.7. The number of nitrogens with two attached hydrogens (primary N) is 6. The van der Waals surface area contributed by atoms with Crippen LogP contribution < -0.4 is 44.5 Å². The maximum atomic E-state index is 11.9. The number of guanidine groups is 1. The van der Waals surface area contributed by atoms with Crippen LogP contribution in [0, 0.1) is 5.41 Å². The van der Waals surface area contributed by atoms with Crippen LogP contribution in [0.25, 0.3) is 0 Å². The highest BCUT2D eigenvalue weighted by Gasteiger charge is 2.17. The molecule has 45 heavy (non-hydrogen) atoms. The van der Waals surface area contributed by atoms with Crippen LogP contribution >= 0.6 is 0 Å². The Morgan fingerprint density at radius 2 is 1.24 bits per heavy atom. The van der Waals surface area contributed by atoms with Gasteiger partial charge in [0.2, 0.25) is 0 Å². The second-order valence-corrected chi connectivity index (χ2v) is 8.57. The Hall–Kier alpha value is -4.93. The predicted octanol–water partition coefficient (Wildman–Crippen LogP) is -4.57. The van der Waals surface area contributed by atoms with E-state index in [-0.39, 0.29) is 18.9 Å². The molecular formula is C24H42N8O13. The number of carboxylic acids is 5. The topological polar surface area (TPSA) is 425 Å². The lowest BCUT2D eigenvalue weighted by Crippen LogP contribution is -2.36. The van der Waals surface area contributed by atoms with Gasteiger partial charge >= 0.3 is 35.8 Å². The van der Waals surface area contributed by atoms with E-state index in [1.165, 1.54) is 0 Å². The Balaban J connectivity index is -0.000000682. The van der Waals surface area contributed by atoms with Gasteiger partial charge in [-0.15, -0.1) is 0 Å². The van der Waals surface area contributed by atoms with Crippen molar-refractivity contribution in [2.45, 2.75) is 49.9 Å². The van der Waals surface area contributed by atoms with Crippen LogP contribution in [-0.2, 0) is 35.2 Å². The minimum Gasteiger partial charge on any atom is -0.481 e. The van der Waals surface area contributed by atoms with Gasteiger partial charge in [-0.2, -0.15) is 0 Å². The number of esters is 1. The average Bonchev–Trinajstić information content (AvgIpc) is 2.95. The Bertz CT molecular complexity index is 1090. The first-order valence-electron chi connectivity index (χ1n) is 12.6. The molecule has 21 nitrogen and oxygen atoms in total. The van der Waals surface area contributed by atoms with Crippen molar-refractivity contribution >= 4 is 41.8 Å². The van der Waals surface area contributed by atoms with Gasteiger partial charge < -0.3 is 75.1 Å². The smallest absolute Gasteiger partial charge is 0.328 e. The molecule has 1 aromatic rings. The summed E-state index contributed by atoms with van der Waals surface area (Å²) in [4.78, 5) is 61.1. The molecule has 0 saturated heterocycles. The van der Waals surface area contributed by atoms with Crippen LogP contribution in [0.2, 0.25) is 0 Å². The molecule has 0 spiro atoms. The normalized spacial score (nSPS) is 12.3. The van der Waals surface area contributed by atoms with Crippen molar-refractivity contribution in [3.8, 4) is 5.75 Å². The number of hydrogen-bond acceptors (Lipinski definition) is 14. The lowest BCUT2D eigenvalue weighted by atomic mass is 10.1. The molecule has 0 aromatic heterocycles. The molecule has 0 aliphatic rings. The SMILES string of the molecule is N=C(N)NCCC[C@H](N)C(=O)Oc1ccc(C[C@H](N)C(=O)O)cc1.NCC(=O)O.N[C@@H](CC(=O)O)C(=O)O.N[C@@H](CO)C(=O)O. The van der Waals surface area contributed by atoms with Gasteiger partial charge in [-0.05, 0) is 37.0 Å². The van der Waals surface area contributed by atoms with Gasteiger partial charge in [-0.25, -0.2) is 4.79 Å². The molecule has 0 radical (unpaired) electrons. The summed E-state index contributed by atoms with van der Waals surface area (Å²) in [5.41, 5.74) is 31.2. The fourth-order valence-electron chi connectivity index (χ4n) is 2.24. The maximum Gasteiger partial charge on any atom is 0.328 e. The molecule has 1 aromatic carbocycles. The number of benzene rings is 1. The Morgan fingerprint density at radius 1 is 0.778 bits per heavy atom. The van der Waals surface area contributed by atoms with Gasteiger partial charge in [0.25, 0.3) is 0 Å².